The van der Waals surface area contributed by atoms with Crippen LogP contribution in [0.4, 0.5) is 5.69 Å². The highest BCUT2D eigenvalue weighted by Crippen LogP contribution is 2.29. The molecule has 0 aliphatic carbocycles. The highest BCUT2D eigenvalue weighted by atomic mass is 32.1. The highest BCUT2D eigenvalue weighted by molar-refractivity contribution is 7.80. The van der Waals surface area contributed by atoms with Gasteiger partial charge in [0.25, 0.3) is 0 Å². The van der Waals surface area contributed by atoms with Crippen molar-refractivity contribution in [2.45, 2.75) is 12.6 Å². The first-order valence-corrected chi connectivity index (χ1v) is 6.97. The second-order valence-corrected chi connectivity index (χ2v) is 5.65. The lowest BCUT2D eigenvalue weighted by Crippen LogP contribution is -2.45. The lowest BCUT2D eigenvalue weighted by Gasteiger charge is -2.24. The Hall–Kier alpha value is -1.43. The van der Waals surface area contributed by atoms with Crippen molar-refractivity contribution in [1.82, 2.24) is 10.7 Å². The Bertz CT molecular complexity index is 553. The fourth-order valence-electron chi connectivity index (χ4n) is 2.01. The fourth-order valence-corrected chi connectivity index (χ4v) is 3.16. The number of hydrogen-bond acceptors (Lipinski definition) is 3. The van der Waals surface area contributed by atoms with Crippen molar-refractivity contribution in [3.8, 4) is 0 Å². The molecule has 2 N–H and O–H groups in total. The molecule has 92 valence electrons. The van der Waals surface area contributed by atoms with E-state index in [-0.39, 0.29) is 5.66 Å². The van der Waals surface area contributed by atoms with E-state index in [9.17, 15) is 0 Å². The van der Waals surface area contributed by atoms with Crippen LogP contribution in [0.5, 0.6) is 0 Å². The number of anilines is 1. The van der Waals surface area contributed by atoms with Crippen molar-refractivity contribution in [1.29, 1.82) is 0 Å². The molecule has 0 spiro atoms. The Labute approximate surface area is 115 Å². The third kappa shape index (κ3) is 1.90. The van der Waals surface area contributed by atoms with Gasteiger partial charge in [-0.1, -0.05) is 24.3 Å². The number of benzene rings is 1. The lowest BCUT2D eigenvalue weighted by atomic mass is 10.2. The summed E-state index contributed by atoms with van der Waals surface area (Å²) in [7, 11) is 0. The van der Waals surface area contributed by atoms with Gasteiger partial charge in [0, 0.05) is 4.88 Å². The summed E-state index contributed by atoms with van der Waals surface area (Å²) in [6, 6.07) is 14.2. The quantitative estimate of drug-likeness (QED) is 0.824. The average Bonchev–Trinajstić information content (AvgIpc) is 2.99. The van der Waals surface area contributed by atoms with Crippen LogP contribution in [0.15, 0.2) is 47.8 Å². The Morgan fingerprint density at radius 3 is 2.61 bits per heavy atom. The molecule has 1 aromatic carbocycles. The first-order chi connectivity index (χ1) is 8.69. The molecule has 0 amide bonds. The zero-order valence-electron chi connectivity index (χ0n) is 9.88. The summed E-state index contributed by atoms with van der Waals surface area (Å²) >= 11 is 7.11. The third-order valence-corrected chi connectivity index (χ3v) is 4.30. The van der Waals surface area contributed by atoms with E-state index in [2.05, 4.69) is 29.1 Å². The summed E-state index contributed by atoms with van der Waals surface area (Å²) in [5.74, 6) is 0. The van der Waals surface area contributed by atoms with Crippen molar-refractivity contribution in [2.75, 3.05) is 5.01 Å². The molecule has 1 aliphatic heterocycles. The van der Waals surface area contributed by atoms with Crippen molar-refractivity contribution in [3.05, 3.63) is 52.7 Å². The van der Waals surface area contributed by atoms with Gasteiger partial charge >= 0.3 is 0 Å². The van der Waals surface area contributed by atoms with E-state index in [0.29, 0.717) is 5.11 Å². The molecule has 2 aromatic rings. The van der Waals surface area contributed by atoms with Crippen molar-refractivity contribution in [2.24, 2.45) is 0 Å². The largest absolute Gasteiger partial charge is 0.337 e. The number of nitrogens with one attached hydrogen (secondary N) is 2. The second-order valence-electron chi connectivity index (χ2n) is 4.32. The summed E-state index contributed by atoms with van der Waals surface area (Å²) in [5, 5.41) is 8.01. The smallest absolute Gasteiger partial charge is 0.190 e. The average molecular weight is 275 g/mol. The van der Waals surface area contributed by atoms with Gasteiger partial charge in [-0.3, -0.25) is 0 Å². The number of thiophene rings is 1. The molecule has 1 aliphatic rings. The third-order valence-electron chi connectivity index (χ3n) is 2.92. The maximum Gasteiger partial charge on any atom is 0.190 e. The number of thiocarbonyl (C=S) groups is 1. The summed E-state index contributed by atoms with van der Waals surface area (Å²) in [6.07, 6.45) is 0. The van der Waals surface area contributed by atoms with E-state index in [1.54, 1.807) is 11.3 Å². The van der Waals surface area contributed by atoms with Gasteiger partial charge in [-0.05, 0) is 42.7 Å². The molecule has 1 aromatic heterocycles. The molecule has 1 saturated heterocycles. The second kappa shape index (κ2) is 4.35. The van der Waals surface area contributed by atoms with E-state index >= 15 is 0 Å². The van der Waals surface area contributed by atoms with Gasteiger partial charge in [-0.2, -0.15) is 5.43 Å². The molecule has 1 unspecified atom stereocenters. The summed E-state index contributed by atoms with van der Waals surface area (Å²) in [4.78, 5) is 1.21. The zero-order valence-corrected chi connectivity index (χ0v) is 11.5. The van der Waals surface area contributed by atoms with Crippen molar-refractivity contribution < 1.29 is 0 Å². The number of hydrogen-bond donors (Lipinski definition) is 2. The van der Waals surface area contributed by atoms with Crippen molar-refractivity contribution in [3.63, 3.8) is 0 Å². The zero-order chi connectivity index (χ0) is 12.6. The predicted molar refractivity (Wildman–Crippen MR) is 79.5 cm³/mol. The summed E-state index contributed by atoms with van der Waals surface area (Å²) in [6.45, 7) is 2.09. The molecule has 3 rings (SSSR count). The van der Waals surface area contributed by atoms with E-state index in [4.69, 9.17) is 12.2 Å². The number of rotatable bonds is 2. The molecule has 18 heavy (non-hydrogen) atoms. The summed E-state index contributed by atoms with van der Waals surface area (Å²) in [5.41, 5.74) is 4.13. The molecule has 1 fully saturated rings. The molecule has 1 atom stereocenters. The van der Waals surface area contributed by atoms with Crippen LogP contribution in [0.1, 0.15) is 11.8 Å². The molecular weight excluding hydrogens is 262 g/mol. The number of nitrogens with zero attached hydrogens (tertiary/aromatic N) is 1. The van der Waals surface area contributed by atoms with Crippen LogP contribution >= 0.6 is 23.6 Å². The monoisotopic (exact) mass is 275 g/mol. The van der Waals surface area contributed by atoms with Gasteiger partial charge in [0.15, 0.2) is 5.11 Å². The number of hydrazine groups is 1. The van der Waals surface area contributed by atoms with Crippen LogP contribution in [0.2, 0.25) is 0 Å². The molecule has 5 heteroatoms. The van der Waals surface area contributed by atoms with Gasteiger partial charge in [-0.25, -0.2) is 5.01 Å². The first-order valence-electron chi connectivity index (χ1n) is 5.68. The minimum Gasteiger partial charge on any atom is -0.337 e. The van der Waals surface area contributed by atoms with E-state index in [0.717, 1.165) is 5.69 Å². The standard InChI is InChI=1S/C13H13N3S2/c1-13(11-8-5-9-18-11)14-12(17)16(15-13)10-6-3-2-4-7-10/h2-9,15H,1H3,(H,14,17). The minimum atomic E-state index is -0.332. The van der Waals surface area contributed by atoms with Gasteiger partial charge in [0.05, 0.1) is 5.69 Å². The Balaban J connectivity index is 1.91. The molecule has 0 saturated carbocycles. The normalized spacial score (nSPS) is 23.2. The molecule has 3 nitrogen and oxygen atoms in total. The maximum atomic E-state index is 5.40. The lowest BCUT2D eigenvalue weighted by molar-refractivity contribution is 0.398. The first kappa shape index (κ1) is 11.6. The van der Waals surface area contributed by atoms with Crippen LogP contribution in [0.3, 0.4) is 0 Å². The molecular formula is C13H13N3S2. The van der Waals surface area contributed by atoms with Gasteiger partial charge in [0.1, 0.15) is 5.66 Å². The van der Waals surface area contributed by atoms with Gasteiger partial charge in [0.2, 0.25) is 0 Å². The van der Waals surface area contributed by atoms with Gasteiger partial charge in [-0.15, -0.1) is 11.3 Å². The fraction of sp³-hybridized carbons (Fsp3) is 0.154. The predicted octanol–water partition coefficient (Wildman–Crippen LogP) is 2.82. The van der Waals surface area contributed by atoms with E-state index < -0.39 is 0 Å². The van der Waals surface area contributed by atoms with E-state index in [1.807, 2.05) is 41.4 Å². The Morgan fingerprint density at radius 1 is 1.17 bits per heavy atom. The van der Waals surface area contributed by atoms with E-state index in [1.165, 1.54) is 4.88 Å². The minimum absolute atomic E-state index is 0.332. The van der Waals surface area contributed by atoms with Crippen LogP contribution in [0, 0.1) is 0 Å². The van der Waals surface area contributed by atoms with Crippen molar-refractivity contribution >= 4 is 34.4 Å². The highest BCUT2D eigenvalue weighted by Gasteiger charge is 2.38. The van der Waals surface area contributed by atoms with Crippen LogP contribution in [-0.2, 0) is 5.66 Å². The number of para-hydroxylation sites is 1. The summed E-state index contributed by atoms with van der Waals surface area (Å²) < 4.78 is 0. The molecule has 0 bridgehead atoms. The topological polar surface area (TPSA) is 27.3 Å². The van der Waals surface area contributed by atoms with Crippen LogP contribution < -0.4 is 15.8 Å². The van der Waals surface area contributed by atoms with Crippen LogP contribution in [-0.4, -0.2) is 5.11 Å². The molecule has 2 heterocycles. The maximum absolute atomic E-state index is 5.40. The Kier molecular flexibility index (Phi) is 2.81. The van der Waals surface area contributed by atoms with Crippen LogP contribution in [0.25, 0.3) is 0 Å². The Morgan fingerprint density at radius 2 is 1.94 bits per heavy atom. The SMILES string of the molecule is CC1(c2cccs2)NC(=S)N(c2ccccc2)N1. The molecule has 0 radical (unpaired) electrons. The van der Waals surface area contributed by atoms with Gasteiger partial charge < -0.3 is 5.32 Å².